The fourth-order valence-electron chi connectivity index (χ4n) is 4.44. The highest BCUT2D eigenvalue weighted by Gasteiger charge is 2.39. The number of fused-ring (bicyclic) bond motifs is 1. The Balaban J connectivity index is 1.42. The fourth-order valence-corrected chi connectivity index (χ4v) is 4.44. The highest BCUT2D eigenvalue weighted by molar-refractivity contribution is 5.77. The molecule has 2 aromatic heterocycles. The topological polar surface area (TPSA) is 125 Å². The number of hydrogen-bond donors (Lipinski definition) is 4. The Morgan fingerprint density at radius 1 is 1.13 bits per heavy atom. The van der Waals surface area contributed by atoms with Gasteiger partial charge >= 0.3 is 0 Å². The molecule has 1 atom stereocenters. The quantitative estimate of drug-likeness (QED) is 0.522. The molecule has 1 unspecified atom stereocenters. The molecule has 9 heteroatoms. The second-order valence-corrected chi connectivity index (χ2v) is 8.30. The Hall–Kier alpha value is -3.17. The third-order valence-corrected chi connectivity index (χ3v) is 6.16. The Morgan fingerprint density at radius 2 is 1.90 bits per heavy atom. The molecule has 6 N–H and O–H groups in total. The van der Waals surface area contributed by atoms with Crippen molar-refractivity contribution in [3.05, 3.63) is 54.9 Å². The first kappa shape index (κ1) is 18.8. The van der Waals surface area contributed by atoms with Crippen molar-refractivity contribution in [1.82, 2.24) is 24.4 Å². The molecule has 1 aliphatic carbocycles. The summed E-state index contributed by atoms with van der Waals surface area (Å²) in [5.41, 5.74) is 18.6. The van der Waals surface area contributed by atoms with E-state index in [1.54, 1.807) is 12.5 Å². The Morgan fingerprint density at radius 3 is 2.60 bits per heavy atom. The highest BCUT2D eigenvalue weighted by Crippen LogP contribution is 2.35. The average molecular weight is 406 g/mol. The average Bonchev–Trinajstić information content (AvgIpc) is 3.38. The molecule has 0 amide bonds. The van der Waals surface area contributed by atoms with Gasteiger partial charge in [0.25, 0.3) is 0 Å². The summed E-state index contributed by atoms with van der Waals surface area (Å²) in [7, 11) is 1.93. The van der Waals surface area contributed by atoms with Gasteiger partial charge in [0.05, 0.1) is 5.70 Å². The third kappa shape index (κ3) is 3.35. The molecular formula is C21H27N9. The molecule has 0 radical (unpaired) electrons. The van der Waals surface area contributed by atoms with Gasteiger partial charge in [-0.15, -0.1) is 10.2 Å². The summed E-state index contributed by atoms with van der Waals surface area (Å²) < 4.78 is 3.80. The molecule has 3 aromatic rings. The summed E-state index contributed by atoms with van der Waals surface area (Å²) in [4.78, 5) is 4.50. The summed E-state index contributed by atoms with van der Waals surface area (Å²) >= 11 is 0. The maximum Gasteiger partial charge on any atom is 0.174 e. The minimum absolute atomic E-state index is 0.284. The zero-order chi connectivity index (χ0) is 20.7. The van der Waals surface area contributed by atoms with Crippen LogP contribution in [0.1, 0.15) is 31.5 Å². The predicted molar refractivity (Wildman–Crippen MR) is 116 cm³/mol. The standard InChI is InChI=1S/C21H27N9/c1-29-13-25-27-19(29)14-2-8-17(9-3-14)26-18-12-21(23,15-4-6-16(22)7-5-15)28-30-11-10-24-20(18)30/h2-3,8-13,15-16,26,28H,4-7,22-23H2,1H3. The lowest BCUT2D eigenvalue weighted by Gasteiger charge is -2.42. The second kappa shape index (κ2) is 7.26. The Bertz CT molecular complexity index is 1060. The number of nitrogens with zero attached hydrogens (tertiary/aromatic N) is 5. The van der Waals surface area contributed by atoms with Gasteiger partial charge in [-0.1, -0.05) is 0 Å². The molecule has 2 aliphatic rings. The van der Waals surface area contributed by atoms with Crippen molar-refractivity contribution in [2.75, 3.05) is 10.7 Å². The van der Waals surface area contributed by atoms with Gasteiger partial charge < -0.3 is 26.8 Å². The van der Waals surface area contributed by atoms with Crippen molar-refractivity contribution in [2.45, 2.75) is 37.4 Å². The maximum atomic E-state index is 6.87. The van der Waals surface area contributed by atoms with Crippen molar-refractivity contribution in [3.8, 4) is 11.4 Å². The molecule has 0 saturated heterocycles. The van der Waals surface area contributed by atoms with Crippen LogP contribution in [0, 0.1) is 5.92 Å². The largest absolute Gasteiger partial charge is 0.353 e. The van der Waals surface area contributed by atoms with Crippen LogP contribution < -0.4 is 22.2 Å². The number of nitrogens with two attached hydrogens (primary N) is 2. The van der Waals surface area contributed by atoms with Crippen LogP contribution in [0.2, 0.25) is 0 Å². The van der Waals surface area contributed by atoms with Crippen LogP contribution in [0.5, 0.6) is 0 Å². The van der Waals surface area contributed by atoms with Crippen LogP contribution in [-0.4, -0.2) is 36.1 Å². The summed E-state index contributed by atoms with van der Waals surface area (Å²) in [6.07, 6.45) is 11.5. The first-order valence-corrected chi connectivity index (χ1v) is 10.3. The monoisotopic (exact) mass is 405 g/mol. The number of imidazole rings is 1. The van der Waals surface area contributed by atoms with Crippen molar-refractivity contribution >= 4 is 11.4 Å². The molecule has 1 aliphatic heterocycles. The normalized spacial score (nSPS) is 25.9. The van der Waals surface area contributed by atoms with Crippen LogP contribution in [-0.2, 0) is 7.05 Å². The van der Waals surface area contributed by atoms with Crippen LogP contribution in [0.3, 0.4) is 0 Å². The van der Waals surface area contributed by atoms with E-state index in [0.717, 1.165) is 54.3 Å². The zero-order valence-corrected chi connectivity index (χ0v) is 17.0. The van der Waals surface area contributed by atoms with Crippen LogP contribution in [0.25, 0.3) is 17.1 Å². The molecule has 1 saturated carbocycles. The van der Waals surface area contributed by atoms with Gasteiger partial charge in [-0.05, 0) is 56.0 Å². The zero-order valence-electron chi connectivity index (χ0n) is 17.0. The van der Waals surface area contributed by atoms with Gasteiger partial charge in [-0.3, -0.25) is 0 Å². The minimum Gasteiger partial charge on any atom is -0.353 e. The molecule has 9 nitrogen and oxygen atoms in total. The second-order valence-electron chi connectivity index (χ2n) is 8.30. The SMILES string of the molecule is Cn1cnnc1-c1ccc(NC2=CC(N)(C3CCC(N)CC3)Nn3ccnc32)cc1. The third-order valence-electron chi connectivity index (χ3n) is 6.16. The molecule has 3 heterocycles. The van der Waals surface area contributed by atoms with E-state index in [1.807, 2.05) is 46.8 Å². The first-order chi connectivity index (χ1) is 14.5. The van der Waals surface area contributed by atoms with Crippen molar-refractivity contribution < 1.29 is 0 Å². The van der Waals surface area contributed by atoms with Crippen LogP contribution in [0.15, 0.2) is 49.1 Å². The maximum absolute atomic E-state index is 6.87. The lowest BCUT2D eigenvalue weighted by molar-refractivity contribution is 0.239. The molecule has 156 valence electrons. The van der Waals surface area contributed by atoms with Gasteiger partial charge in [0.15, 0.2) is 11.6 Å². The number of anilines is 1. The van der Waals surface area contributed by atoms with E-state index in [9.17, 15) is 0 Å². The summed E-state index contributed by atoms with van der Waals surface area (Å²) in [6, 6.07) is 8.39. The molecule has 0 spiro atoms. The lowest BCUT2D eigenvalue weighted by atomic mass is 9.78. The van der Waals surface area contributed by atoms with Gasteiger partial charge in [-0.25, -0.2) is 9.66 Å². The number of benzene rings is 1. The Kier molecular flexibility index (Phi) is 4.56. The summed E-state index contributed by atoms with van der Waals surface area (Å²) in [5, 5.41) is 11.6. The van der Waals surface area contributed by atoms with Gasteiger partial charge in [0.2, 0.25) is 0 Å². The number of aryl methyl sites for hydroxylation is 1. The van der Waals surface area contributed by atoms with E-state index >= 15 is 0 Å². The van der Waals surface area contributed by atoms with E-state index in [1.165, 1.54) is 0 Å². The summed E-state index contributed by atoms with van der Waals surface area (Å²) in [6.45, 7) is 0. The predicted octanol–water partition coefficient (Wildman–Crippen LogP) is 1.86. The van der Waals surface area contributed by atoms with E-state index in [-0.39, 0.29) is 6.04 Å². The molecular weight excluding hydrogens is 378 g/mol. The number of hydrogen-bond acceptors (Lipinski definition) is 7. The van der Waals surface area contributed by atoms with Crippen molar-refractivity contribution in [1.29, 1.82) is 0 Å². The van der Waals surface area contributed by atoms with Gasteiger partial charge in [0.1, 0.15) is 12.0 Å². The van der Waals surface area contributed by atoms with E-state index in [2.05, 4.69) is 32.0 Å². The summed E-state index contributed by atoms with van der Waals surface area (Å²) in [5.74, 6) is 1.94. The Labute approximate surface area is 175 Å². The van der Waals surface area contributed by atoms with Gasteiger partial charge in [-0.2, -0.15) is 0 Å². The van der Waals surface area contributed by atoms with Crippen LogP contribution in [0.4, 0.5) is 5.69 Å². The molecule has 1 fully saturated rings. The van der Waals surface area contributed by atoms with Gasteiger partial charge in [0, 0.05) is 42.7 Å². The van der Waals surface area contributed by atoms with E-state index < -0.39 is 5.66 Å². The van der Waals surface area contributed by atoms with E-state index in [0.29, 0.717) is 5.92 Å². The fraction of sp³-hybridized carbons (Fsp3) is 0.381. The molecule has 0 bridgehead atoms. The molecule has 5 rings (SSSR count). The number of aromatic nitrogens is 5. The number of rotatable bonds is 4. The van der Waals surface area contributed by atoms with Crippen molar-refractivity contribution in [3.63, 3.8) is 0 Å². The lowest BCUT2D eigenvalue weighted by Crippen LogP contribution is -2.58. The number of nitrogens with one attached hydrogen (secondary N) is 2. The molecule has 30 heavy (non-hydrogen) atoms. The van der Waals surface area contributed by atoms with Crippen molar-refractivity contribution in [2.24, 2.45) is 24.4 Å². The molecule has 1 aromatic carbocycles. The smallest absolute Gasteiger partial charge is 0.174 e. The van der Waals surface area contributed by atoms with Crippen LogP contribution >= 0.6 is 0 Å². The minimum atomic E-state index is -0.658. The highest BCUT2D eigenvalue weighted by atomic mass is 15.5. The van der Waals surface area contributed by atoms with E-state index in [4.69, 9.17) is 11.5 Å². The first-order valence-electron chi connectivity index (χ1n) is 10.3.